The minimum atomic E-state index is -5.17. The zero-order chi connectivity index (χ0) is 27.6. The Labute approximate surface area is 202 Å². The number of aromatic amines is 1. The van der Waals surface area contributed by atoms with E-state index < -0.39 is 88.2 Å². The summed E-state index contributed by atoms with van der Waals surface area (Å²) in [5.74, 6) is -4.43. The number of aromatic nitrogens is 2. The molecule has 1 aromatic heterocycles. The summed E-state index contributed by atoms with van der Waals surface area (Å²) in [6, 6.07) is 0.764. The van der Waals surface area contributed by atoms with Crippen LogP contribution in [0.3, 0.4) is 0 Å². The van der Waals surface area contributed by atoms with E-state index in [9.17, 15) is 59.0 Å². The Bertz CT molecular complexity index is 1380. The second-order valence-corrected chi connectivity index (χ2v) is 13.2. The number of carbonyl (C=O) groups excluding carboxylic acids is 1. The molecule has 5 N–H and O–H groups in total. The number of hydrogen-bond acceptors (Lipinski definition) is 13. The van der Waals surface area contributed by atoms with Crippen molar-refractivity contribution in [2.45, 2.75) is 30.5 Å². The summed E-state index contributed by atoms with van der Waals surface area (Å²) in [6.45, 7) is -0.00513. The van der Waals surface area contributed by atoms with Crippen LogP contribution in [-0.2, 0) is 43.6 Å². The number of carbonyl (C=O) groups is 1. The van der Waals surface area contributed by atoms with Crippen LogP contribution in [0.2, 0.25) is 0 Å². The molecule has 0 aromatic carbocycles. The first-order valence-electron chi connectivity index (χ1n) is 8.83. The predicted octanol–water partition coefficient (Wildman–Crippen LogP) is -3.58. The second kappa shape index (κ2) is 10.6. The monoisotopic (exact) mass is 588 g/mol. The molecule has 2 rings (SSSR count). The normalized spacial score (nSPS) is 27.1. The molecule has 1 saturated heterocycles. The van der Waals surface area contributed by atoms with Gasteiger partial charge in [0.05, 0.1) is 6.26 Å². The van der Waals surface area contributed by atoms with Crippen molar-refractivity contribution >= 4 is 45.9 Å². The molecule has 21 heteroatoms. The number of aliphatic hydroxyl groups is 2. The zero-order valence-electron chi connectivity index (χ0n) is 17.8. The van der Waals surface area contributed by atoms with Crippen molar-refractivity contribution in [2.75, 3.05) is 24.4 Å². The van der Waals surface area contributed by atoms with E-state index in [1.807, 2.05) is 0 Å². The smallest absolute Gasteiger partial charge is 0.330 e. The molecule has 0 bridgehead atoms. The topological polar surface area (TPSA) is 274 Å². The molecule has 0 saturated carbocycles. The van der Waals surface area contributed by atoms with Gasteiger partial charge in [-0.25, -0.2) is 13.2 Å². The third kappa shape index (κ3) is 8.91. The van der Waals surface area contributed by atoms with Crippen molar-refractivity contribution in [3.05, 3.63) is 33.1 Å². The Balaban J connectivity index is 0.00000111. The maximum Gasteiger partial charge on any atom is 0.330 e. The van der Waals surface area contributed by atoms with Crippen LogP contribution in [-0.4, -0.2) is 102 Å². The number of halogens is 1. The van der Waals surface area contributed by atoms with Crippen molar-refractivity contribution in [1.29, 1.82) is 0 Å². The van der Waals surface area contributed by atoms with E-state index in [2.05, 4.69) is 15.4 Å². The minimum Gasteiger partial charge on any atom is -0.463 e. The quantitative estimate of drug-likeness (QED) is 0.117. The van der Waals surface area contributed by atoms with E-state index in [-0.39, 0.29) is 0 Å². The van der Waals surface area contributed by atoms with Gasteiger partial charge in [-0.2, -0.15) is 16.8 Å². The van der Waals surface area contributed by atoms with Crippen LogP contribution in [0.1, 0.15) is 13.2 Å². The highest BCUT2D eigenvalue weighted by Crippen LogP contribution is 2.46. The minimum absolute atomic E-state index is 0.412. The maximum atomic E-state index is 12.1. The Hall–Kier alpha value is -1.91. The fraction of sp³-hybridized carbons (Fsp3) is 0.643. The molecule has 0 radical (unpaired) electrons. The van der Waals surface area contributed by atoms with Gasteiger partial charge in [-0.15, -0.1) is 0 Å². The molecule has 0 spiro atoms. The summed E-state index contributed by atoms with van der Waals surface area (Å²) in [5, 5.41) is 22.1. The van der Waals surface area contributed by atoms with Crippen molar-refractivity contribution in [1.82, 2.24) is 9.55 Å². The van der Waals surface area contributed by atoms with Crippen LogP contribution in [0.4, 0.5) is 0 Å². The Morgan fingerprint density at radius 3 is 1.97 bits per heavy atom. The summed E-state index contributed by atoms with van der Waals surface area (Å²) < 4.78 is 93.6. The highest BCUT2D eigenvalue weighted by atomic mass is 35.7. The molecule has 2 heterocycles. The lowest BCUT2D eigenvalue weighted by Crippen LogP contribution is -2.65. The van der Waals surface area contributed by atoms with Gasteiger partial charge >= 0.3 is 11.7 Å². The molecule has 0 unspecified atom stereocenters. The highest BCUT2D eigenvalue weighted by Gasteiger charge is 2.69. The van der Waals surface area contributed by atoms with Gasteiger partial charge in [0, 0.05) is 29.9 Å². The molecule has 1 aliphatic rings. The Kier molecular flexibility index (Phi) is 9.43. The third-order valence-electron chi connectivity index (χ3n) is 4.33. The van der Waals surface area contributed by atoms with Gasteiger partial charge in [0.2, 0.25) is 9.05 Å². The molecule has 0 aliphatic carbocycles. The summed E-state index contributed by atoms with van der Waals surface area (Å²) in [7, 11) is -9.00. The number of ether oxygens (including phenoxy) is 2. The molecule has 1 fully saturated rings. The molecule has 1 aromatic rings. The molecule has 17 nitrogen and oxygen atoms in total. The first-order chi connectivity index (χ1) is 15.5. The molecule has 1 aliphatic heterocycles. The second-order valence-electron chi connectivity index (χ2n) is 7.28. The molecule has 0 amide bonds. The van der Waals surface area contributed by atoms with Gasteiger partial charge in [-0.1, -0.05) is 0 Å². The number of esters is 1. The van der Waals surface area contributed by atoms with Gasteiger partial charge in [0.1, 0.15) is 29.8 Å². The van der Waals surface area contributed by atoms with Crippen LogP contribution < -0.4 is 11.2 Å². The van der Waals surface area contributed by atoms with E-state index in [1.165, 1.54) is 0 Å². The van der Waals surface area contributed by atoms with Gasteiger partial charge in [0.15, 0.2) is 11.8 Å². The molecular weight excluding hydrogens is 568 g/mol. The van der Waals surface area contributed by atoms with Crippen LogP contribution >= 0.6 is 10.7 Å². The number of nitrogens with one attached hydrogen (secondary N) is 1. The van der Waals surface area contributed by atoms with Gasteiger partial charge in [-0.3, -0.25) is 28.2 Å². The summed E-state index contributed by atoms with van der Waals surface area (Å²) in [6.07, 6.45) is -2.55. The summed E-state index contributed by atoms with van der Waals surface area (Å²) in [4.78, 5) is 36.3. The highest BCUT2D eigenvalue weighted by molar-refractivity contribution is 8.13. The Morgan fingerprint density at radius 1 is 1.11 bits per heavy atom. The van der Waals surface area contributed by atoms with Crippen LogP contribution in [0.15, 0.2) is 21.9 Å². The first kappa shape index (κ1) is 31.1. The van der Waals surface area contributed by atoms with E-state index in [0.29, 0.717) is 4.57 Å². The van der Waals surface area contributed by atoms with Gasteiger partial charge < -0.3 is 19.7 Å². The average molecular weight is 589 g/mol. The molecular formula is C14H21ClN2O15S3. The number of rotatable bonds is 7. The first-order valence-corrected chi connectivity index (χ1v) is 14.8. The fourth-order valence-electron chi connectivity index (χ4n) is 3.12. The number of H-pyrrole nitrogens is 1. The number of nitrogens with zero attached hydrogens (tertiary/aromatic N) is 1. The predicted molar refractivity (Wildman–Crippen MR) is 115 cm³/mol. The van der Waals surface area contributed by atoms with E-state index in [4.69, 9.17) is 4.74 Å². The van der Waals surface area contributed by atoms with Crippen molar-refractivity contribution < 1.29 is 58.8 Å². The third-order valence-corrected chi connectivity index (χ3v) is 5.94. The van der Waals surface area contributed by atoms with E-state index in [1.54, 1.807) is 4.98 Å². The lowest BCUT2D eigenvalue weighted by Gasteiger charge is -2.39. The Morgan fingerprint density at radius 2 is 1.57 bits per heavy atom. The lowest BCUT2D eigenvalue weighted by atomic mass is 9.82. The fourth-order valence-corrected chi connectivity index (χ4v) is 5.06. The van der Waals surface area contributed by atoms with Crippen LogP contribution in [0.25, 0.3) is 0 Å². The van der Waals surface area contributed by atoms with E-state index in [0.717, 1.165) is 25.4 Å². The average Bonchev–Trinajstić information content (AvgIpc) is 2.76. The van der Waals surface area contributed by atoms with Crippen LogP contribution in [0.5, 0.6) is 0 Å². The molecule has 35 heavy (non-hydrogen) atoms. The maximum absolute atomic E-state index is 12.1. The SMILES string of the molecule is CC(=O)OC[C@H]1O[C@@H](n2ccc(=O)[nH]c2=O)[C@@](O)(CS(=O)(=O)O)[C@@]1(O)CS(=O)(=O)O.CS(=O)(=O)Cl. The van der Waals surface area contributed by atoms with Crippen molar-refractivity contribution in [3.63, 3.8) is 0 Å². The summed E-state index contributed by atoms with van der Waals surface area (Å²) in [5.41, 5.74) is -8.66. The van der Waals surface area contributed by atoms with Crippen LogP contribution in [0, 0.1) is 0 Å². The standard InChI is InChI=1S/C13H18N2O13S2.CH3ClO2S/c1-7(16)27-4-8-12(19,5-29(21,22)23)13(20,6-30(24,25)26)10(28-8)15-3-2-9(17)14-11(15)18;1-5(2,3)4/h2-3,8,10,19-20H,4-6H2,1H3,(H,14,17,18)(H,21,22,23)(H,24,25,26);1H3/t8-,10-,12-,13+;/m1./s1. The van der Waals surface area contributed by atoms with Crippen molar-refractivity contribution in [2.24, 2.45) is 0 Å². The van der Waals surface area contributed by atoms with Crippen molar-refractivity contribution in [3.8, 4) is 0 Å². The zero-order valence-corrected chi connectivity index (χ0v) is 21.0. The number of hydrogen-bond donors (Lipinski definition) is 5. The van der Waals surface area contributed by atoms with Gasteiger partial charge in [-0.05, 0) is 0 Å². The summed E-state index contributed by atoms with van der Waals surface area (Å²) >= 11 is 0. The molecule has 4 atom stereocenters. The van der Waals surface area contributed by atoms with E-state index >= 15 is 0 Å². The molecule has 202 valence electrons. The largest absolute Gasteiger partial charge is 0.463 e. The lowest BCUT2D eigenvalue weighted by molar-refractivity contribution is -0.152. The van der Waals surface area contributed by atoms with Gasteiger partial charge in [0.25, 0.3) is 25.8 Å².